The van der Waals surface area contributed by atoms with Gasteiger partial charge in [-0.3, -0.25) is 0 Å². The minimum atomic E-state index is 0.292. The predicted octanol–water partition coefficient (Wildman–Crippen LogP) is 6.64. The van der Waals surface area contributed by atoms with Gasteiger partial charge in [0.1, 0.15) is 20.5 Å². The fraction of sp³-hybridized carbons (Fsp3) is 0.375. The topological polar surface area (TPSA) is 18.5 Å². The van der Waals surface area contributed by atoms with Crippen LogP contribution in [0.15, 0.2) is 45.4 Å². The lowest BCUT2D eigenvalue weighted by Crippen LogP contribution is -1.99. The Kier molecular flexibility index (Phi) is 10.6. The van der Waals surface area contributed by atoms with E-state index >= 15 is 0 Å². The molecule has 0 spiro atoms. The Morgan fingerprint density at radius 3 is 1.68 bits per heavy atom. The van der Waals surface area contributed by atoms with Crippen LogP contribution in [0.4, 0.5) is 0 Å². The summed E-state index contributed by atoms with van der Waals surface area (Å²) in [6, 6.07) is 7.56. The molecule has 0 radical (unpaired) electrons. The second kappa shape index (κ2) is 12.0. The number of halogens is 4. The van der Waals surface area contributed by atoms with Crippen molar-refractivity contribution in [1.82, 2.24) is 0 Å². The molecule has 0 fully saturated rings. The number of hydrogen-bond donors (Lipinski definition) is 0. The van der Waals surface area contributed by atoms with Gasteiger partial charge in [-0.2, -0.15) is 0 Å². The smallest absolute Gasteiger partial charge is 0.122 e. The maximum Gasteiger partial charge on any atom is 0.122 e. The molecule has 6 heteroatoms. The summed E-state index contributed by atoms with van der Waals surface area (Å²) in [7, 11) is 0. The largest absolute Gasteiger partial charge is 0.493 e. The van der Waals surface area contributed by atoms with Crippen LogP contribution in [0.3, 0.4) is 0 Å². The zero-order chi connectivity index (χ0) is 16.2. The summed E-state index contributed by atoms with van der Waals surface area (Å²) in [6.07, 6.45) is 6.78. The van der Waals surface area contributed by atoms with Crippen molar-refractivity contribution in [3.05, 3.63) is 45.4 Å². The minimum absolute atomic E-state index is 0.292. The van der Waals surface area contributed by atoms with E-state index in [9.17, 15) is 0 Å². The molecule has 0 atom stereocenters. The quantitative estimate of drug-likeness (QED) is 0.421. The molecule has 1 rings (SSSR count). The molecule has 2 nitrogen and oxygen atoms in total. The Balaban J connectivity index is 2.27. The Morgan fingerprint density at radius 2 is 1.27 bits per heavy atom. The molecule has 122 valence electrons. The summed E-state index contributed by atoms with van der Waals surface area (Å²) < 4.78 is 11.9. The van der Waals surface area contributed by atoms with Gasteiger partial charge in [0.05, 0.1) is 13.2 Å². The highest BCUT2D eigenvalue weighted by Gasteiger charge is 1.98. The molecule has 0 heterocycles. The molecule has 0 N–H and O–H groups in total. The van der Waals surface area contributed by atoms with Crippen molar-refractivity contribution in [1.29, 1.82) is 0 Å². The van der Waals surface area contributed by atoms with Crippen molar-refractivity contribution in [3.8, 4) is 11.5 Å². The van der Waals surface area contributed by atoms with Gasteiger partial charge < -0.3 is 9.47 Å². The first-order valence-electron chi connectivity index (χ1n) is 6.96. The monoisotopic (exact) mass is 382 g/mol. The lowest BCUT2D eigenvalue weighted by atomic mass is 10.3. The van der Waals surface area contributed by atoms with E-state index in [2.05, 4.69) is 0 Å². The molecule has 22 heavy (non-hydrogen) atoms. The zero-order valence-electron chi connectivity index (χ0n) is 12.0. The molecule has 0 bridgehead atoms. The van der Waals surface area contributed by atoms with Crippen LogP contribution in [0.5, 0.6) is 11.5 Å². The van der Waals surface area contributed by atoms with Gasteiger partial charge in [0.2, 0.25) is 0 Å². The van der Waals surface area contributed by atoms with E-state index in [1.807, 2.05) is 24.3 Å². The third-order valence-electron chi connectivity index (χ3n) is 2.64. The molecule has 1 aromatic carbocycles. The number of unbranched alkanes of at least 4 members (excludes halogenated alkanes) is 2. The summed E-state index contributed by atoms with van der Waals surface area (Å²) in [5.41, 5.74) is 0. The number of rotatable bonds is 10. The van der Waals surface area contributed by atoms with Crippen molar-refractivity contribution in [2.24, 2.45) is 0 Å². The lowest BCUT2D eigenvalue weighted by molar-refractivity contribution is 0.296. The van der Waals surface area contributed by atoms with E-state index in [-0.39, 0.29) is 0 Å². The van der Waals surface area contributed by atoms with Crippen LogP contribution in [-0.2, 0) is 0 Å². The SMILES string of the molecule is ClC(Cl)=CCCCOc1cccc(OCCCC=C(Cl)Cl)c1. The van der Waals surface area contributed by atoms with Gasteiger partial charge in [0, 0.05) is 6.07 Å². The number of benzene rings is 1. The Bertz CT molecular complexity index is 451. The average molecular weight is 384 g/mol. The molecule has 0 aliphatic rings. The number of allylic oxidation sites excluding steroid dienone is 2. The van der Waals surface area contributed by atoms with E-state index in [0.717, 1.165) is 37.2 Å². The molecule has 0 amide bonds. The van der Waals surface area contributed by atoms with E-state index in [1.54, 1.807) is 12.2 Å². The second-order valence-corrected chi connectivity index (χ2v) is 6.46. The van der Waals surface area contributed by atoms with Crippen molar-refractivity contribution >= 4 is 46.4 Å². The van der Waals surface area contributed by atoms with Gasteiger partial charge in [0.15, 0.2) is 0 Å². The van der Waals surface area contributed by atoms with Crippen LogP contribution < -0.4 is 9.47 Å². The van der Waals surface area contributed by atoms with Crippen LogP contribution in [0.25, 0.3) is 0 Å². The summed E-state index contributed by atoms with van der Waals surface area (Å²) in [6.45, 7) is 1.19. The number of ether oxygens (including phenoxy) is 2. The Morgan fingerprint density at radius 1 is 0.818 bits per heavy atom. The molecule has 1 aromatic rings. The highest BCUT2D eigenvalue weighted by atomic mass is 35.5. The van der Waals surface area contributed by atoms with Gasteiger partial charge in [-0.15, -0.1) is 0 Å². The van der Waals surface area contributed by atoms with Crippen molar-refractivity contribution in [2.45, 2.75) is 25.7 Å². The second-order valence-electron chi connectivity index (χ2n) is 4.44. The van der Waals surface area contributed by atoms with Crippen LogP contribution >= 0.6 is 46.4 Å². The van der Waals surface area contributed by atoms with Gasteiger partial charge in [0.25, 0.3) is 0 Å². The van der Waals surface area contributed by atoms with Gasteiger partial charge in [-0.1, -0.05) is 64.6 Å². The Labute approximate surface area is 151 Å². The maximum absolute atomic E-state index is 5.65. The standard InChI is InChI=1S/C16H18Cl4O2/c17-15(18)8-1-3-10-21-13-6-5-7-14(12-13)22-11-4-2-9-16(19)20/h5-9,12H,1-4,10-11H2. The Hall–Kier alpha value is -0.540. The zero-order valence-corrected chi connectivity index (χ0v) is 15.1. The lowest BCUT2D eigenvalue weighted by Gasteiger charge is -2.09. The third-order valence-corrected chi connectivity index (χ3v) is 3.25. The van der Waals surface area contributed by atoms with E-state index in [0.29, 0.717) is 22.2 Å². The van der Waals surface area contributed by atoms with Gasteiger partial charge in [-0.05, 0) is 37.8 Å². The maximum atomic E-state index is 5.65. The highest BCUT2D eigenvalue weighted by Crippen LogP contribution is 2.20. The van der Waals surface area contributed by atoms with E-state index < -0.39 is 0 Å². The van der Waals surface area contributed by atoms with Crippen molar-refractivity contribution < 1.29 is 9.47 Å². The minimum Gasteiger partial charge on any atom is -0.493 e. The van der Waals surface area contributed by atoms with Crippen LogP contribution in [0.1, 0.15) is 25.7 Å². The van der Waals surface area contributed by atoms with Crippen LogP contribution in [0.2, 0.25) is 0 Å². The molecule has 0 aromatic heterocycles. The molecular formula is C16H18Cl4O2. The molecule has 0 saturated heterocycles. The predicted molar refractivity (Wildman–Crippen MR) is 95.5 cm³/mol. The molecule has 0 saturated carbocycles. The molecule has 0 aliphatic carbocycles. The number of hydrogen-bond acceptors (Lipinski definition) is 2. The first-order valence-corrected chi connectivity index (χ1v) is 8.47. The van der Waals surface area contributed by atoms with Crippen LogP contribution in [0, 0.1) is 0 Å². The summed E-state index contributed by atoms with van der Waals surface area (Å²) in [5.74, 6) is 1.56. The van der Waals surface area contributed by atoms with E-state index in [4.69, 9.17) is 55.9 Å². The average Bonchev–Trinajstić information content (AvgIpc) is 2.46. The summed E-state index contributed by atoms with van der Waals surface area (Å²) in [4.78, 5) is 0. The normalized spacial score (nSPS) is 10.0. The first kappa shape index (κ1) is 19.5. The first-order chi connectivity index (χ1) is 10.6. The molecule has 0 unspecified atom stereocenters. The van der Waals surface area contributed by atoms with E-state index in [1.165, 1.54) is 0 Å². The van der Waals surface area contributed by atoms with Crippen LogP contribution in [-0.4, -0.2) is 13.2 Å². The van der Waals surface area contributed by atoms with Gasteiger partial charge >= 0.3 is 0 Å². The van der Waals surface area contributed by atoms with Gasteiger partial charge in [-0.25, -0.2) is 0 Å². The summed E-state index contributed by atoms with van der Waals surface area (Å²) >= 11 is 22.1. The fourth-order valence-electron chi connectivity index (χ4n) is 1.62. The third kappa shape index (κ3) is 10.2. The van der Waals surface area contributed by atoms with Crippen molar-refractivity contribution in [3.63, 3.8) is 0 Å². The van der Waals surface area contributed by atoms with Crippen molar-refractivity contribution in [2.75, 3.05) is 13.2 Å². The fourth-order valence-corrected chi connectivity index (χ4v) is 2.06. The highest BCUT2D eigenvalue weighted by molar-refractivity contribution is 6.56. The molecule has 0 aliphatic heterocycles. The summed E-state index contributed by atoms with van der Waals surface area (Å²) in [5, 5.41) is 0. The molecular weight excluding hydrogens is 366 g/mol.